The molecule has 0 spiro atoms. The number of carbonyl (C=O) groups is 21. The molecule has 2 heterocycles. The number of amides is 18. The number of hydrogen-bond donors (Lipinski definition) is 27. The molecule has 0 unspecified atom stereocenters. The number of carbonyl (C=O) groups excluding carboxylic acids is 18. The number of nitrogens with one attached hydrogen (secondary N) is 17. The number of para-hydroxylation sites is 2. The average molecular weight is 2060 g/mol. The van der Waals surface area contributed by atoms with E-state index in [1.807, 2.05) is 0 Å². The van der Waals surface area contributed by atoms with Crippen LogP contribution in [0.1, 0.15) is 141 Å². The molecule has 6 aromatic rings. The minimum atomic E-state index is -2.03. The van der Waals surface area contributed by atoms with Gasteiger partial charge in [-0.3, -0.25) is 95.9 Å². The van der Waals surface area contributed by atoms with Crippen molar-refractivity contribution in [3.63, 3.8) is 0 Å². The molecule has 16 atom stereocenters. The summed E-state index contributed by atoms with van der Waals surface area (Å²) in [5, 5.41) is 67.9. The van der Waals surface area contributed by atoms with Gasteiger partial charge in [0.1, 0.15) is 90.6 Å². The lowest BCUT2D eigenvalue weighted by Gasteiger charge is -2.29. The van der Waals surface area contributed by atoms with Crippen LogP contribution in [0.4, 0.5) is 0 Å². The molecule has 0 saturated carbocycles. The summed E-state index contributed by atoms with van der Waals surface area (Å²) in [5.41, 5.74) is 31.8. The number of carboxylic acids is 3. The number of aromatic nitrogens is 2. The molecule has 18 amide bonds. The van der Waals surface area contributed by atoms with E-state index in [1.54, 1.807) is 163 Å². The third-order valence-corrected chi connectivity index (χ3v) is 24.2. The maximum Gasteiger partial charge on any atom is 0.326 e. The number of fused-ring (bicyclic) bond motifs is 2. The number of thioether (sulfide) groups is 1. The third-order valence-electron chi connectivity index (χ3n) is 22.8. The highest BCUT2D eigenvalue weighted by Gasteiger charge is 2.41. The lowest BCUT2D eigenvalue weighted by Crippen LogP contribution is -2.62. The molecule has 2 aromatic heterocycles. The average Bonchev–Trinajstić information content (AvgIpc) is 1.65. The molecule has 0 radical (unpaired) electrons. The molecule has 6 rings (SSSR count). The van der Waals surface area contributed by atoms with Crippen molar-refractivity contribution in [1.82, 2.24) is 89.7 Å². The normalized spacial score (nSPS) is 14.6. The Morgan fingerprint density at radius 3 is 1.03 bits per heavy atom. The Morgan fingerprint density at radius 2 is 0.660 bits per heavy atom. The number of H-pyrrole nitrogens is 2. The molecular formula is C95H132N22O24S3. The fraction of sp³-hybridized carbons (Fsp3) is 0.484. The summed E-state index contributed by atoms with van der Waals surface area (Å²) in [7, 11) is 0. The van der Waals surface area contributed by atoms with E-state index in [9.17, 15) is 102 Å². The number of nitrogens with two attached hydrogens (primary N) is 5. The molecule has 784 valence electrons. The van der Waals surface area contributed by atoms with E-state index in [0.29, 0.717) is 49.8 Å². The van der Waals surface area contributed by atoms with Crippen molar-refractivity contribution >= 4 is 183 Å². The van der Waals surface area contributed by atoms with Gasteiger partial charge in [0.05, 0.1) is 31.7 Å². The van der Waals surface area contributed by atoms with Crippen LogP contribution < -0.4 is 108 Å². The Morgan fingerprint density at radius 1 is 0.340 bits per heavy atom. The zero-order chi connectivity index (χ0) is 107. The number of carboxylic acid groups (broad SMARTS) is 3. The van der Waals surface area contributed by atoms with Crippen LogP contribution >= 0.6 is 37.0 Å². The van der Waals surface area contributed by atoms with Crippen molar-refractivity contribution in [2.24, 2.45) is 46.4 Å². The van der Waals surface area contributed by atoms with Crippen LogP contribution in [-0.2, 0) is 126 Å². The highest BCUT2D eigenvalue weighted by atomic mass is 32.2. The van der Waals surface area contributed by atoms with Crippen molar-refractivity contribution in [1.29, 1.82) is 0 Å². The maximum absolute atomic E-state index is 15.3. The first-order valence-corrected chi connectivity index (χ1v) is 49.3. The second kappa shape index (κ2) is 59.6. The highest BCUT2D eigenvalue weighted by molar-refractivity contribution is 7.98. The third kappa shape index (κ3) is 39.6. The lowest BCUT2D eigenvalue weighted by atomic mass is 9.99. The summed E-state index contributed by atoms with van der Waals surface area (Å²) in [6.45, 7) is 9.90. The molecule has 30 N–H and O–H groups in total. The van der Waals surface area contributed by atoms with Crippen molar-refractivity contribution in [2.45, 2.75) is 241 Å². The summed E-state index contributed by atoms with van der Waals surface area (Å²) in [4.78, 5) is 298. The Bertz CT molecular complexity index is 5480. The molecule has 0 fully saturated rings. The summed E-state index contributed by atoms with van der Waals surface area (Å²) >= 11 is 9.90. The summed E-state index contributed by atoms with van der Waals surface area (Å²) in [6, 6.07) is 3.25. The number of thiol groups is 2. The quantitative estimate of drug-likeness (QED) is 0.0134. The van der Waals surface area contributed by atoms with Gasteiger partial charge < -0.3 is 134 Å². The monoisotopic (exact) mass is 2060 g/mol. The van der Waals surface area contributed by atoms with Crippen LogP contribution in [0.3, 0.4) is 0 Å². The Hall–Kier alpha value is -14.2. The van der Waals surface area contributed by atoms with Gasteiger partial charge in [-0.05, 0) is 116 Å². The minimum absolute atomic E-state index is 0.0191. The fourth-order valence-corrected chi connectivity index (χ4v) is 16.2. The highest BCUT2D eigenvalue weighted by Crippen LogP contribution is 2.24. The van der Waals surface area contributed by atoms with Gasteiger partial charge in [-0.1, -0.05) is 139 Å². The van der Waals surface area contributed by atoms with Crippen LogP contribution in [-0.4, -0.2) is 276 Å². The van der Waals surface area contributed by atoms with E-state index < -0.39 is 289 Å². The second-order valence-corrected chi connectivity index (χ2v) is 37.5. The number of hydrogen-bond acceptors (Lipinski definition) is 26. The van der Waals surface area contributed by atoms with Gasteiger partial charge in [0.25, 0.3) is 0 Å². The van der Waals surface area contributed by atoms with Crippen molar-refractivity contribution in [3.05, 3.63) is 144 Å². The number of primary amides is 3. The van der Waals surface area contributed by atoms with Crippen LogP contribution in [0.2, 0.25) is 0 Å². The lowest BCUT2D eigenvalue weighted by molar-refractivity contribution is -0.143. The maximum atomic E-state index is 15.3. The zero-order valence-corrected chi connectivity index (χ0v) is 83.4. The summed E-state index contributed by atoms with van der Waals surface area (Å²) in [6.07, 6.45) is -1.55. The molecule has 0 aliphatic rings. The number of benzene rings is 4. The first-order valence-electron chi connectivity index (χ1n) is 46.6. The minimum Gasteiger partial charge on any atom is -0.481 e. The number of aromatic amines is 2. The van der Waals surface area contributed by atoms with Gasteiger partial charge in [0, 0.05) is 77.8 Å². The smallest absolute Gasteiger partial charge is 0.326 e. The predicted molar refractivity (Wildman–Crippen MR) is 537 cm³/mol. The second-order valence-electron chi connectivity index (χ2n) is 35.8. The van der Waals surface area contributed by atoms with Gasteiger partial charge in [-0.25, -0.2) is 4.79 Å². The first-order chi connectivity index (χ1) is 68.2. The SMILES string of the molecule is CSCC[C@H](NC(=O)[C@H](CC(C)C)NC(=O)[C@H](CC(=O)O)NC(=O)[C@H](CS)NC(=O)[C@H](Cc1ccccc1)NC(=O)[C@H](Cc1c[nH]c2ccccc12)NC(=O)[C@H](CCC(N)=O)NC(=O)[C@H](CC(N)=O)NC(=O)[C@H](CCCCN)NC(=O)[C@H](Cc1ccccc1)NC(=O)[C@H](CC(C)C)NC(=O)[C@H](CC(N)=O)NC(=O)[C@H](CS)NC(=O)[C@@H](NC(=O)[C@H](Cc1c[nH]c2ccccc12)NC(=O)[C@@H](N)CC(=O)O)C(C)C)C(=O)O. The van der Waals surface area contributed by atoms with Crippen LogP contribution in [0, 0.1) is 17.8 Å². The van der Waals surface area contributed by atoms with E-state index >= 15 is 14.4 Å². The van der Waals surface area contributed by atoms with E-state index in [2.05, 4.69) is 115 Å². The molecule has 144 heavy (non-hydrogen) atoms. The molecule has 46 nitrogen and oxygen atoms in total. The molecule has 0 saturated heterocycles. The van der Waals surface area contributed by atoms with Crippen molar-refractivity contribution in [2.75, 3.05) is 30.1 Å². The number of rotatable bonds is 64. The molecule has 49 heteroatoms. The van der Waals surface area contributed by atoms with E-state index in [1.165, 1.54) is 18.0 Å². The topological polar surface area (TPSA) is 761 Å². The van der Waals surface area contributed by atoms with Crippen LogP contribution in [0.15, 0.2) is 122 Å². The van der Waals surface area contributed by atoms with E-state index in [0.717, 1.165) is 0 Å². The predicted octanol–water partition coefficient (Wildman–Crippen LogP) is -2.94. The Kier molecular flexibility index (Phi) is 49.1. The van der Waals surface area contributed by atoms with E-state index in [-0.39, 0.29) is 70.3 Å². The molecule has 4 aromatic carbocycles. The van der Waals surface area contributed by atoms with E-state index in [4.69, 9.17) is 28.7 Å². The first kappa shape index (κ1) is 119. The van der Waals surface area contributed by atoms with Crippen LogP contribution in [0.5, 0.6) is 0 Å². The number of aliphatic carboxylic acids is 3. The molecular weight excluding hydrogens is 1930 g/mol. The van der Waals surface area contributed by atoms with Gasteiger partial charge in [-0.15, -0.1) is 0 Å². The number of unbranched alkanes of at least 4 members (excludes halogenated alkanes) is 1. The molecule has 0 aliphatic heterocycles. The van der Waals surface area contributed by atoms with Gasteiger partial charge in [0.15, 0.2) is 0 Å². The van der Waals surface area contributed by atoms with Gasteiger partial charge in [-0.2, -0.15) is 37.0 Å². The summed E-state index contributed by atoms with van der Waals surface area (Å²) in [5.74, 6) is -26.1. The standard InChI is InChI=1S/C95H132N22O24S3/c1-48(2)34-63(83(128)105-62(95(140)141)31-33-144-7)108-90(135)71(43-78(123)124)114-92(137)72(46-142)115-86(131)66(37-52-22-12-9-13-23-52)110-87(132)67(38-53-44-101-58-26-16-14-24-55(53)58)111-82(127)61(29-30-74(98)118)104-88(133)69(41-75(99)119)112-81(126)60(28-18-19-32-96)103-85(130)65(36-51-20-10-8-11-21-51)109-84(129)64(35-49(3)4)107-89(134)70(42-76(100)120)113-93(138)73(47-143)116-94(139)79(50(5)6)117-91(136)68(106-80(125)57(97)40-77(121)122)39-54-45-102-59-27-17-15-25-56(54)59/h8-17,20-27,44-45,48-50,57,60-73,79,101-102,142-143H,18-19,28-43,46-47,96-97H2,1-7H3,(H2,98,118)(H2,99,119)(H2,100,120)(H,103,130)(H,104,133)(H,105,128)(H,106,125)(H,107,134)(H,108,135)(H,109,129)(H,110,132)(H,111,127)(H,112,126)(H,113,138)(H,114,137)(H,115,131)(H,116,139)(H,117,136)(H,121,122)(H,123,124)(H,140,141)/t57-,60-,61-,62-,63-,64-,65-,66-,67-,68-,69-,70-,71-,72-,73-,79-/m0/s1. The Balaban J connectivity index is 1.25. The van der Waals surface area contributed by atoms with Crippen LogP contribution in [0.25, 0.3) is 21.8 Å². The zero-order valence-electron chi connectivity index (χ0n) is 80.8. The fourth-order valence-electron chi connectivity index (χ4n) is 15.3. The molecule has 0 aliphatic carbocycles. The largest absolute Gasteiger partial charge is 0.481 e. The molecule has 0 bridgehead atoms. The Labute approximate surface area is 845 Å². The van der Waals surface area contributed by atoms with Gasteiger partial charge >= 0.3 is 17.9 Å². The van der Waals surface area contributed by atoms with Crippen molar-refractivity contribution < 1.29 is 116 Å². The van der Waals surface area contributed by atoms with Gasteiger partial charge in [0.2, 0.25) is 106 Å². The van der Waals surface area contributed by atoms with Crippen molar-refractivity contribution in [3.8, 4) is 0 Å². The summed E-state index contributed by atoms with van der Waals surface area (Å²) < 4.78 is 0.